The summed E-state index contributed by atoms with van der Waals surface area (Å²) in [6, 6.07) is 71.7. The molecule has 9 aromatic carbocycles. The molecule has 13 rings (SSSR count). The van der Waals surface area contributed by atoms with Crippen molar-refractivity contribution in [2.24, 2.45) is 0 Å². The van der Waals surface area contributed by atoms with Crippen molar-refractivity contribution in [3.8, 4) is 79.0 Å². The second-order valence-corrected chi connectivity index (χ2v) is 19.8. The maximum atomic E-state index is 5.47. The Hall–Kier alpha value is -9.26. The molecule has 0 saturated carbocycles. The summed E-state index contributed by atoms with van der Waals surface area (Å²) < 4.78 is 4.82. The Kier molecular flexibility index (Phi) is 10.7. The highest BCUT2D eigenvalue weighted by atomic mass is 15.0. The van der Waals surface area contributed by atoms with Crippen LogP contribution < -0.4 is 0 Å². The quantitative estimate of drug-likeness (QED) is 0.152. The van der Waals surface area contributed by atoms with Gasteiger partial charge in [-0.3, -0.25) is 4.98 Å². The first-order valence-corrected chi connectivity index (χ1v) is 25.4. The molecule has 0 bridgehead atoms. The Morgan fingerprint density at radius 1 is 0.311 bits per heavy atom. The Morgan fingerprint density at radius 3 is 1.26 bits per heavy atom. The van der Waals surface area contributed by atoms with E-state index in [9.17, 15) is 0 Å². The zero-order valence-electron chi connectivity index (χ0n) is 42.3. The van der Waals surface area contributed by atoms with E-state index >= 15 is 0 Å². The summed E-state index contributed by atoms with van der Waals surface area (Å²) in [5.74, 6) is 1.74. The molecule has 0 radical (unpaired) electrons. The first kappa shape index (κ1) is 44.7. The van der Waals surface area contributed by atoms with Crippen LogP contribution in [0.15, 0.2) is 206 Å². The van der Waals surface area contributed by atoms with E-state index in [4.69, 9.17) is 19.9 Å². The molecule has 0 aliphatic rings. The molecule has 13 aromatic rings. The van der Waals surface area contributed by atoms with Gasteiger partial charge in [0, 0.05) is 50.0 Å². The van der Waals surface area contributed by atoms with Crippen molar-refractivity contribution in [1.29, 1.82) is 0 Å². The van der Waals surface area contributed by atoms with Crippen molar-refractivity contribution >= 4 is 43.6 Å². The number of aromatic nitrogens is 6. The third-order valence-electron chi connectivity index (χ3n) is 14.8. The van der Waals surface area contributed by atoms with E-state index in [2.05, 4.69) is 214 Å². The van der Waals surface area contributed by atoms with Crippen LogP contribution in [-0.2, 0) is 0 Å². The van der Waals surface area contributed by atoms with Gasteiger partial charge in [0.05, 0.1) is 39.1 Å². The van der Waals surface area contributed by atoms with E-state index in [1.807, 2.05) is 42.6 Å². The van der Waals surface area contributed by atoms with E-state index < -0.39 is 0 Å². The minimum atomic E-state index is 0.551. The summed E-state index contributed by atoms with van der Waals surface area (Å²) in [4.78, 5) is 21.4. The van der Waals surface area contributed by atoms with Gasteiger partial charge in [0.1, 0.15) is 0 Å². The van der Waals surface area contributed by atoms with Crippen LogP contribution in [0.4, 0.5) is 0 Å². The SMILES string of the molecule is Cc1cc(C)c(-c2ccc3c(c2)c2ccccc2n3-c2cccnc2-c2c(-c3nc(-c4ccccc4)nc(-c4ccccc4)n3)cccc2-n2c3ccccc3c3cc(-c4c(C)cc(C)cc4C)ccc32)c(C)c1. The van der Waals surface area contributed by atoms with Gasteiger partial charge in [-0.05, 0) is 141 Å². The third-order valence-corrected chi connectivity index (χ3v) is 14.8. The van der Waals surface area contributed by atoms with Crippen molar-refractivity contribution in [2.75, 3.05) is 0 Å². The highest BCUT2D eigenvalue weighted by Crippen LogP contribution is 2.45. The summed E-state index contributed by atoms with van der Waals surface area (Å²) in [5, 5.41) is 4.69. The molecule has 4 heterocycles. The molecule has 6 heteroatoms. The number of pyridine rings is 1. The second-order valence-electron chi connectivity index (χ2n) is 19.8. The lowest BCUT2D eigenvalue weighted by Gasteiger charge is -2.20. The van der Waals surface area contributed by atoms with E-state index in [-0.39, 0.29) is 0 Å². The minimum absolute atomic E-state index is 0.551. The first-order chi connectivity index (χ1) is 36.2. The van der Waals surface area contributed by atoms with Gasteiger partial charge in [0.2, 0.25) is 0 Å². The molecule has 0 aliphatic carbocycles. The van der Waals surface area contributed by atoms with E-state index in [0.717, 1.165) is 61.4 Å². The number of hydrogen-bond acceptors (Lipinski definition) is 4. The standard InChI is InChI=1S/C68H52N6/c1-41-35-43(3)62(44(4)36-41)49-30-32-58-54(39-49)51-23-13-15-26-56(51)73(58)60-28-17-25-53(68-71-66(47-19-9-7-10-20-47)70-67(72-68)48-21-11-8-12-22-48)64(60)65-61(29-18-34-69-65)74-57-27-16-14-24-52(57)55-40-50(31-33-59(55)74)63-45(5)37-42(2)38-46(63)6/h7-40H,1-6H3. The predicted molar refractivity (Wildman–Crippen MR) is 307 cm³/mol. The maximum Gasteiger partial charge on any atom is 0.164 e. The molecule has 0 unspecified atom stereocenters. The predicted octanol–water partition coefficient (Wildman–Crippen LogP) is 17.3. The number of benzene rings is 9. The topological polar surface area (TPSA) is 61.4 Å². The van der Waals surface area contributed by atoms with Crippen molar-refractivity contribution in [3.63, 3.8) is 0 Å². The lowest BCUT2D eigenvalue weighted by Crippen LogP contribution is -2.06. The number of nitrogens with zero attached hydrogens (tertiary/aromatic N) is 6. The Morgan fingerprint density at radius 2 is 0.743 bits per heavy atom. The Bertz CT molecular complexity index is 4270. The number of hydrogen-bond donors (Lipinski definition) is 0. The average Bonchev–Trinajstić information content (AvgIpc) is 3.94. The van der Waals surface area contributed by atoms with Crippen molar-refractivity contribution in [2.45, 2.75) is 41.5 Å². The number of para-hydroxylation sites is 2. The van der Waals surface area contributed by atoms with Crippen LogP contribution in [0.2, 0.25) is 0 Å². The van der Waals surface area contributed by atoms with Gasteiger partial charge in [0.25, 0.3) is 0 Å². The summed E-state index contributed by atoms with van der Waals surface area (Å²) in [6.07, 6.45) is 1.91. The second kappa shape index (κ2) is 17.8. The summed E-state index contributed by atoms with van der Waals surface area (Å²) >= 11 is 0. The molecule has 0 aliphatic heterocycles. The first-order valence-electron chi connectivity index (χ1n) is 25.4. The van der Waals surface area contributed by atoms with Crippen LogP contribution in [0, 0.1) is 41.5 Å². The van der Waals surface area contributed by atoms with Gasteiger partial charge >= 0.3 is 0 Å². The fourth-order valence-corrected chi connectivity index (χ4v) is 11.9. The van der Waals surface area contributed by atoms with Gasteiger partial charge in [0.15, 0.2) is 17.5 Å². The number of fused-ring (bicyclic) bond motifs is 6. The van der Waals surface area contributed by atoms with E-state index in [1.165, 1.54) is 77.2 Å². The highest BCUT2D eigenvalue weighted by molar-refractivity contribution is 6.13. The number of rotatable bonds is 8. The summed E-state index contributed by atoms with van der Waals surface area (Å²) in [6.45, 7) is 13.2. The fraction of sp³-hybridized carbons (Fsp3) is 0.0882. The molecule has 4 aromatic heterocycles. The van der Waals surface area contributed by atoms with Gasteiger partial charge in [-0.1, -0.05) is 157 Å². The maximum absolute atomic E-state index is 5.47. The smallest absolute Gasteiger partial charge is 0.164 e. The number of aryl methyl sites for hydroxylation is 6. The lowest BCUT2D eigenvalue weighted by atomic mass is 9.93. The molecular weight excluding hydrogens is 901 g/mol. The van der Waals surface area contributed by atoms with Crippen LogP contribution in [0.5, 0.6) is 0 Å². The minimum Gasteiger partial charge on any atom is -0.309 e. The molecule has 0 atom stereocenters. The van der Waals surface area contributed by atoms with Crippen LogP contribution in [-0.4, -0.2) is 29.1 Å². The molecule has 6 nitrogen and oxygen atoms in total. The molecule has 0 amide bonds. The summed E-state index contributed by atoms with van der Waals surface area (Å²) in [5.41, 5.74) is 23.2. The zero-order valence-corrected chi connectivity index (χ0v) is 42.3. The van der Waals surface area contributed by atoms with Crippen molar-refractivity contribution in [1.82, 2.24) is 29.1 Å². The normalized spacial score (nSPS) is 11.6. The molecule has 0 saturated heterocycles. The molecule has 0 N–H and O–H groups in total. The van der Waals surface area contributed by atoms with Crippen LogP contribution >= 0.6 is 0 Å². The zero-order chi connectivity index (χ0) is 50.2. The molecular formula is C68H52N6. The van der Waals surface area contributed by atoms with Gasteiger partial charge < -0.3 is 9.13 Å². The van der Waals surface area contributed by atoms with Crippen molar-refractivity contribution in [3.05, 3.63) is 240 Å². The van der Waals surface area contributed by atoms with Crippen LogP contribution in [0.25, 0.3) is 123 Å². The molecule has 74 heavy (non-hydrogen) atoms. The van der Waals surface area contributed by atoms with Crippen molar-refractivity contribution < 1.29 is 0 Å². The molecule has 0 spiro atoms. The molecule has 0 fully saturated rings. The lowest BCUT2D eigenvalue weighted by molar-refractivity contribution is 1.07. The summed E-state index contributed by atoms with van der Waals surface area (Å²) in [7, 11) is 0. The average molecular weight is 953 g/mol. The Balaban J connectivity index is 1.12. The van der Waals surface area contributed by atoms with E-state index in [0.29, 0.717) is 17.5 Å². The largest absolute Gasteiger partial charge is 0.309 e. The van der Waals surface area contributed by atoms with Gasteiger partial charge in [-0.25, -0.2) is 15.0 Å². The van der Waals surface area contributed by atoms with Gasteiger partial charge in [-0.15, -0.1) is 0 Å². The van der Waals surface area contributed by atoms with E-state index in [1.54, 1.807) is 0 Å². The highest BCUT2D eigenvalue weighted by Gasteiger charge is 2.26. The Labute approximate surface area is 431 Å². The molecule has 354 valence electrons. The van der Waals surface area contributed by atoms with Crippen LogP contribution in [0.1, 0.15) is 33.4 Å². The van der Waals surface area contributed by atoms with Gasteiger partial charge in [-0.2, -0.15) is 0 Å². The fourth-order valence-electron chi connectivity index (χ4n) is 11.9. The monoisotopic (exact) mass is 952 g/mol. The third kappa shape index (κ3) is 7.40. The van der Waals surface area contributed by atoms with Crippen LogP contribution in [0.3, 0.4) is 0 Å².